The summed E-state index contributed by atoms with van der Waals surface area (Å²) in [4.78, 5) is 0. The molecule has 1 aliphatic carbocycles. The molecule has 1 rings (SSSR count). The monoisotopic (exact) mass is 209 g/mol. The van der Waals surface area contributed by atoms with Crippen molar-refractivity contribution in [3.05, 3.63) is 0 Å². The van der Waals surface area contributed by atoms with E-state index in [1.807, 2.05) is 6.07 Å². The maximum atomic E-state index is 9.10. The van der Waals surface area contributed by atoms with E-state index in [-0.39, 0.29) is 0 Å². The van der Waals surface area contributed by atoms with Gasteiger partial charge in [-0.15, -0.1) is 0 Å². The normalized spacial score (nSPS) is 26.7. The van der Waals surface area contributed by atoms with Crippen LogP contribution in [0.1, 0.15) is 13.8 Å². The van der Waals surface area contributed by atoms with Crippen LogP contribution in [0.15, 0.2) is 0 Å². The van der Waals surface area contributed by atoms with E-state index in [4.69, 9.17) is 26.3 Å². The molecule has 0 aliphatic heterocycles. The molecule has 0 spiro atoms. The Kier molecular flexibility index (Phi) is 2.14. The van der Waals surface area contributed by atoms with Crippen molar-refractivity contribution >= 4 is 0 Å². The van der Waals surface area contributed by atoms with Crippen molar-refractivity contribution in [2.75, 3.05) is 0 Å². The molecule has 1 unspecified atom stereocenters. The Labute approximate surface area is 93.3 Å². The second-order valence-electron chi connectivity index (χ2n) is 4.29. The molecule has 0 radical (unpaired) electrons. The molecule has 1 atom stereocenters. The summed E-state index contributed by atoms with van der Waals surface area (Å²) in [5.74, 6) is -0.936. The Balaban J connectivity index is 3.62. The first-order valence-corrected chi connectivity index (χ1v) is 4.48. The molecule has 0 aromatic carbocycles. The fourth-order valence-electron chi connectivity index (χ4n) is 2.47. The minimum absolute atomic E-state index is 0.936. The van der Waals surface area contributed by atoms with Crippen molar-refractivity contribution in [2.24, 2.45) is 22.2 Å². The molecule has 5 heteroatoms. The van der Waals surface area contributed by atoms with Crippen molar-refractivity contribution in [3.8, 4) is 30.3 Å². The van der Waals surface area contributed by atoms with Crippen LogP contribution in [0.3, 0.4) is 0 Å². The molecular formula is C11H7N5. The second-order valence-corrected chi connectivity index (χ2v) is 4.29. The van der Waals surface area contributed by atoms with Gasteiger partial charge >= 0.3 is 0 Å². The summed E-state index contributed by atoms with van der Waals surface area (Å²) in [5, 5.41) is 45.3. The Morgan fingerprint density at radius 1 is 0.812 bits per heavy atom. The SMILES string of the molecule is CC1(C)C(C#N)C(C#N)(C#N)C1(C#N)C#N. The summed E-state index contributed by atoms with van der Waals surface area (Å²) < 4.78 is 0. The van der Waals surface area contributed by atoms with Gasteiger partial charge in [-0.25, -0.2) is 0 Å². The first-order chi connectivity index (χ1) is 7.44. The minimum atomic E-state index is -1.85. The van der Waals surface area contributed by atoms with E-state index in [1.165, 1.54) is 0 Å². The first kappa shape index (κ1) is 11.5. The average Bonchev–Trinajstić information content (AvgIpc) is 2.27. The predicted molar refractivity (Wildman–Crippen MR) is 50.2 cm³/mol. The van der Waals surface area contributed by atoms with Crippen molar-refractivity contribution in [1.82, 2.24) is 0 Å². The van der Waals surface area contributed by atoms with Gasteiger partial charge in [0, 0.05) is 5.41 Å². The third-order valence-corrected chi connectivity index (χ3v) is 3.53. The molecule has 1 fully saturated rings. The Bertz CT molecular complexity index is 509. The van der Waals surface area contributed by atoms with Crippen LogP contribution in [0.2, 0.25) is 0 Å². The number of hydrogen-bond donors (Lipinski definition) is 0. The van der Waals surface area contributed by atoms with Crippen LogP contribution in [0, 0.1) is 78.8 Å². The number of nitriles is 5. The average molecular weight is 209 g/mol. The zero-order valence-corrected chi connectivity index (χ0v) is 8.81. The third-order valence-electron chi connectivity index (χ3n) is 3.53. The smallest absolute Gasteiger partial charge is 0.192 e. The van der Waals surface area contributed by atoms with Crippen LogP contribution < -0.4 is 0 Å². The summed E-state index contributed by atoms with van der Waals surface area (Å²) in [7, 11) is 0. The zero-order chi connectivity index (χ0) is 12.6. The van der Waals surface area contributed by atoms with Gasteiger partial charge in [0.25, 0.3) is 0 Å². The summed E-state index contributed by atoms with van der Waals surface area (Å²) in [6, 6.07) is 8.74. The number of hydrogen-bond acceptors (Lipinski definition) is 5. The van der Waals surface area contributed by atoms with Gasteiger partial charge in [-0.1, -0.05) is 13.8 Å². The molecule has 0 heterocycles. The van der Waals surface area contributed by atoms with E-state index < -0.39 is 22.2 Å². The molecule has 0 bridgehead atoms. The Morgan fingerprint density at radius 2 is 1.25 bits per heavy atom. The fourth-order valence-corrected chi connectivity index (χ4v) is 2.47. The highest BCUT2D eigenvalue weighted by molar-refractivity contribution is 5.49. The van der Waals surface area contributed by atoms with Crippen molar-refractivity contribution in [3.63, 3.8) is 0 Å². The maximum Gasteiger partial charge on any atom is 0.192 e. The van der Waals surface area contributed by atoms with Gasteiger partial charge in [0.1, 0.15) is 0 Å². The summed E-state index contributed by atoms with van der Waals surface area (Å²) in [5.41, 5.74) is -4.59. The van der Waals surface area contributed by atoms with Crippen LogP contribution in [0.25, 0.3) is 0 Å². The third kappa shape index (κ3) is 0.728. The summed E-state index contributed by atoms with van der Waals surface area (Å²) >= 11 is 0. The van der Waals surface area contributed by atoms with Gasteiger partial charge in [-0.05, 0) is 0 Å². The predicted octanol–water partition coefficient (Wildman–Crippen LogP) is 1.23. The molecule has 5 nitrogen and oxygen atoms in total. The van der Waals surface area contributed by atoms with Gasteiger partial charge in [0.15, 0.2) is 10.8 Å². The second kappa shape index (κ2) is 2.97. The van der Waals surface area contributed by atoms with E-state index in [9.17, 15) is 0 Å². The molecule has 0 saturated heterocycles. The zero-order valence-electron chi connectivity index (χ0n) is 8.81. The lowest BCUT2D eigenvalue weighted by Gasteiger charge is -2.58. The number of nitrogens with zero attached hydrogens (tertiary/aromatic N) is 5. The van der Waals surface area contributed by atoms with Crippen LogP contribution in [-0.4, -0.2) is 0 Å². The van der Waals surface area contributed by atoms with Crippen LogP contribution in [0.5, 0.6) is 0 Å². The van der Waals surface area contributed by atoms with Crippen molar-refractivity contribution in [1.29, 1.82) is 26.3 Å². The maximum absolute atomic E-state index is 9.10. The summed E-state index contributed by atoms with van der Waals surface area (Å²) in [6.07, 6.45) is 0. The quantitative estimate of drug-likeness (QED) is 0.594. The molecule has 0 aromatic heterocycles. The van der Waals surface area contributed by atoms with Gasteiger partial charge in [-0.2, -0.15) is 26.3 Å². The van der Waals surface area contributed by atoms with Gasteiger partial charge in [0.05, 0.1) is 36.3 Å². The highest BCUT2D eigenvalue weighted by atomic mass is 14.8. The molecule has 76 valence electrons. The topological polar surface area (TPSA) is 119 Å². The van der Waals surface area contributed by atoms with E-state index in [1.54, 1.807) is 38.1 Å². The Morgan fingerprint density at radius 3 is 1.50 bits per heavy atom. The minimum Gasteiger partial charge on any atom is -0.198 e. The standard InChI is InChI=1S/C11H7N5/c1-9(2)8(3-12)10(4-13,5-14)11(9,6-15)7-16/h8H,1-2H3. The van der Waals surface area contributed by atoms with Crippen LogP contribution in [-0.2, 0) is 0 Å². The largest absolute Gasteiger partial charge is 0.198 e. The lowest BCUT2D eigenvalue weighted by Crippen LogP contribution is -2.68. The van der Waals surface area contributed by atoms with Crippen LogP contribution in [0.4, 0.5) is 0 Å². The molecular weight excluding hydrogens is 202 g/mol. The van der Waals surface area contributed by atoms with E-state index in [2.05, 4.69) is 0 Å². The van der Waals surface area contributed by atoms with Gasteiger partial charge in [0.2, 0.25) is 0 Å². The van der Waals surface area contributed by atoms with E-state index in [0.29, 0.717) is 0 Å². The van der Waals surface area contributed by atoms with Crippen molar-refractivity contribution < 1.29 is 0 Å². The first-order valence-electron chi connectivity index (χ1n) is 4.48. The molecule has 1 saturated carbocycles. The van der Waals surface area contributed by atoms with Crippen molar-refractivity contribution in [2.45, 2.75) is 13.8 Å². The molecule has 0 N–H and O–H groups in total. The van der Waals surface area contributed by atoms with E-state index >= 15 is 0 Å². The van der Waals surface area contributed by atoms with Gasteiger partial charge in [-0.3, -0.25) is 0 Å². The molecule has 16 heavy (non-hydrogen) atoms. The van der Waals surface area contributed by atoms with Gasteiger partial charge < -0.3 is 0 Å². The van der Waals surface area contributed by atoms with Crippen LogP contribution >= 0.6 is 0 Å². The van der Waals surface area contributed by atoms with E-state index in [0.717, 1.165) is 0 Å². The lowest BCUT2D eigenvalue weighted by atomic mass is 9.34. The number of rotatable bonds is 0. The lowest BCUT2D eigenvalue weighted by molar-refractivity contribution is -0.0979. The molecule has 1 aliphatic rings. The highest BCUT2D eigenvalue weighted by Gasteiger charge is 2.80. The molecule has 0 amide bonds. The fraction of sp³-hybridized carbons (Fsp3) is 0.545. The summed E-state index contributed by atoms with van der Waals surface area (Å²) in [6.45, 7) is 3.11. The highest BCUT2D eigenvalue weighted by Crippen LogP contribution is 2.70. The Hall–Kier alpha value is -2.55. The molecule has 0 aromatic rings.